The molecule has 16 heavy (non-hydrogen) atoms. The molecule has 0 unspecified atom stereocenters. The molecule has 0 aromatic heterocycles. The SMILES string of the molecule is CCN(CC)CCCNCCCC(=O)OC. The van der Waals surface area contributed by atoms with Crippen molar-refractivity contribution in [3.8, 4) is 0 Å². The van der Waals surface area contributed by atoms with Gasteiger partial charge >= 0.3 is 5.97 Å². The molecule has 0 amide bonds. The Labute approximate surface area is 99.3 Å². The minimum atomic E-state index is -0.120. The Bertz CT molecular complexity index is 170. The van der Waals surface area contributed by atoms with Crippen LogP contribution in [0.1, 0.15) is 33.1 Å². The second-order valence-electron chi connectivity index (χ2n) is 3.81. The average molecular weight is 230 g/mol. The van der Waals surface area contributed by atoms with Crippen molar-refractivity contribution < 1.29 is 9.53 Å². The van der Waals surface area contributed by atoms with E-state index in [2.05, 4.69) is 28.8 Å². The summed E-state index contributed by atoms with van der Waals surface area (Å²) in [5.41, 5.74) is 0. The van der Waals surface area contributed by atoms with Gasteiger partial charge in [-0.15, -0.1) is 0 Å². The predicted octanol–water partition coefficient (Wildman–Crippen LogP) is 1.26. The Kier molecular flexibility index (Phi) is 10.5. The molecule has 0 atom stereocenters. The van der Waals surface area contributed by atoms with E-state index < -0.39 is 0 Å². The van der Waals surface area contributed by atoms with Crippen molar-refractivity contribution in [2.75, 3.05) is 39.8 Å². The summed E-state index contributed by atoms with van der Waals surface area (Å²) < 4.78 is 4.57. The van der Waals surface area contributed by atoms with Crippen LogP contribution in [0.4, 0.5) is 0 Å². The Morgan fingerprint density at radius 3 is 2.38 bits per heavy atom. The first-order valence-corrected chi connectivity index (χ1v) is 6.24. The van der Waals surface area contributed by atoms with E-state index in [1.54, 1.807) is 0 Å². The fourth-order valence-corrected chi connectivity index (χ4v) is 1.55. The van der Waals surface area contributed by atoms with Crippen molar-refractivity contribution in [3.05, 3.63) is 0 Å². The minimum Gasteiger partial charge on any atom is -0.469 e. The highest BCUT2D eigenvalue weighted by atomic mass is 16.5. The molecule has 0 rings (SSSR count). The molecule has 0 aromatic carbocycles. The molecule has 1 N–H and O–H groups in total. The number of nitrogens with zero attached hydrogens (tertiary/aromatic N) is 1. The van der Waals surface area contributed by atoms with Gasteiger partial charge in [0.15, 0.2) is 0 Å². The Balaban J connectivity index is 3.18. The van der Waals surface area contributed by atoms with Crippen LogP contribution in [0.2, 0.25) is 0 Å². The number of nitrogens with one attached hydrogen (secondary N) is 1. The number of hydrogen-bond acceptors (Lipinski definition) is 4. The lowest BCUT2D eigenvalue weighted by Crippen LogP contribution is -2.27. The number of rotatable bonds is 10. The van der Waals surface area contributed by atoms with Gasteiger partial charge < -0.3 is 15.0 Å². The van der Waals surface area contributed by atoms with E-state index in [0.29, 0.717) is 6.42 Å². The summed E-state index contributed by atoms with van der Waals surface area (Å²) in [6, 6.07) is 0. The van der Waals surface area contributed by atoms with Crippen LogP contribution >= 0.6 is 0 Å². The summed E-state index contributed by atoms with van der Waals surface area (Å²) in [7, 11) is 1.43. The van der Waals surface area contributed by atoms with Crippen molar-refractivity contribution in [2.24, 2.45) is 0 Å². The number of esters is 1. The van der Waals surface area contributed by atoms with Gasteiger partial charge in [0, 0.05) is 6.42 Å². The highest BCUT2D eigenvalue weighted by Gasteiger charge is 1.99. The molecular formula is C12H26N2O2. The normalized spacial score (nSPS) is 10.8. The quantitative estimate of drug-likeness (QED) is 0.453. The first kappa shape index (κ1) is 15.4. The molecule has 0 heterocycles. The van der Waals surface area contributed by atoms with Gasteiger partial charge in [-0.05, 0) is 45.6 Å². The van der Waals surface area contributed by atoms with E-state index in [1.807, 2.05) is 0 Å². The molecule has 0 saturated carbocycles. The number of ether oxygens (including phenoxy) is 1. The second kappa shape index (κ2) is 10.9. The number of carbonyl (C=O) groups excluding carboxylic acids is 1. The molecule has 96 valence electrons. The molecule has 0 bridgehead atoms. The molecule has 4 heteroatoms. The van der Waals surface area contributed by atoms with E-state index in [1.165, 1.54) is 13.5 Å². The zero-order valence-corrected chi connectivity index (χ0v) is 10.9. The summed E-state index contributed by atoms with van der Waals surface area (Å²) in [4.78, 5) is 13.2. The monoisotopic (exact) mass is 230 g/mol. The third-order valence-electron chi connectivity index (χ3n) is 2.68. The molecule has 0 spiro atoms. The number of carbonyl (C=O) groups is 1. The largest absolute Gasteiger partial charge is 0.469 e. The third-order valence-corrected chi connectivity index (χ3v) is 2.68. The zero-order chi connectivity index (χ0) is 12.2. The molecule has 0 fully saturated rings. The molecular weight excluding hydrogens is 204 g/mol. The van der Waals surface area contributed by atoms with Crippen LogP contribution in [0.25, 0.3) is 0 Å². The van der Waals surface area contributed by atoms with Crippen LogP contribution in [-0.2, 0) is 9.53 Å². The van der Waals surface area contributed by atoms with Gasteiger partial charge in [0.1, 0.15) is 0 Å². The average Bonchev–Trinajstić information content (AvgIpc) is 2.32. The minimum absolute atomic E-state index is 0.120. The van der Waals surface area contributed by atoms with Crippen molar-refractivity contribution in [2.45, 2.75) is 33.1 Å². The fraction of sp³-hybridized carbons (Fsp3) is 0.917. The smallest absolute Gasteiger partial charge is 0.305 e. The lowest BCUT2D eigenvalue weighted by Gasteiger charge is -2.17. The lowest BCUT2D eigenvalue weighted by atomic mass is 10.3. The Morgan fingerprint density at radius 2 is 1.81 bits per heavy atom. The summed E-state index contributed by atoms with van der Waals surface area (Å²) in [5, 5.41) is 3.33. The maximum atomic E-state index is 10.8. The van der Waals surface area contributed by atoms with Crippen molar-refractivity contribution in [1.82, 2.24) is 10.2 Å². The molecule has 0 saturated heterocycles. The number of methoxy groups -OCH3 is 1. The van der Waals surface area contributed by atoms with Gasteiger partial charge in [0.25, 0.3) is 0 Å². The van der Waals surface area contributed by atoms with Gasteiger partial charge in [-0.25, -0.2) is 0 Å². The summed E-state index contributed by atoms with van der Waals surface area (Å²) in [6.45, 7) is 9.69. The van der Waals surface area contributed by atoms with Crippen molar-refractivity contribution >= 4 is 5.97 Å². The van der Waals surface area contributed by atoms with Gasteiger partial charge in [0.2, 0.25) is 0 Å². The van der Waals surface area contributed by atoms with Crippen LogP contribution in [0.15, 0.2) is 0 Å². The van der Waals surface area contributed by atoms with E-state index in [0.717, 1.165) is 39.1 Å². The zero-order valence-electron chi connectivity index (χ0n) is 10.9. The first-order valence-electron chi connectivity index (χ1n) is 6.24. The summed E-state index contributed by atoms with van der Waals surface area (Å²) in [5.74, 6) is -0.120. The fourth-order valence-electron chi connectivity index (χ4n) is 1.55. The van der Waals surface area contributed by atoms with Gasteiger partial charge in [-0.3, -0.25) is 4.79 Å². The van der Waals surface area contributed by atoms with Crippen LogP contribution in [0.3, 0.4) is 0 Å². The van der Waals surface area contributed by atoms with Gasteiger partial charge in [-0.2, -0.15) is 0 Å². The van der Waals surface area contributed by atoms with Crippen molar-refractivity contribution in [3.63, 3.8) is 0 Å². The Morgan fingerprint density at radius 1 is 1.19 bits per heavy atom. The van der Waals surface area contributed by atoms with E-state index in [4.69, 9.17) is 0 Å². The highest BCUT2D eigenvalue weighted by molar-refractivity contribution is 5.68. The predicted molar refractivity (Wildman–Crippen MR) is 66.5 cm³/mol. The van der Waals surface area contributed by atoms with E-state index >= 15 is 0 Å². The molecule has 0 radical (unpaired) electrons. The van der Waals surface area contributed by atoms with Crippen LogP contribution in [0.5, 0.6) is 0 Å². The topological polar surface area (TPSA) is 41.6 Å². The molecule has 0 aliphatic rings. The van der Waals surface area contributed by atoms with Crippen molar-refractivity contribution in [1.29, 1.82) is 0 Å². The van der Waals surface area contributed by atoms with Gasteiger partial charge in [0.05, 0.1) is 7.11 Å². The van der Waals surface area contributed by atoms with Crippen LogP contribution in [-0.4, -0.2) is 50.7 Å². The molecule has 0 aliphatic heterocycles. The summed E-state index contributed by atoms with van der Waals surface area (Å²) >= 11 is 0. The van der Waals surface area contributed by atoms with E-state index in [-0.39, 0.29) is 5.97 Å². The lowest BCUT2D eigenvalue weighted by molar-refractivity contribution is -0.140. The standard InChI is InChI=1S/C12H26N2O2/c1-4-14(5-2)11-7-10-13-9-6-8-12(15)16-3/h13H,4-11H2,1-3H3. The molecule has 0 aromatic rings. The Hall–Kier alpha value is -0.610. The maximum Gasteiger partial charge on any atom is 0.305 e. The highest BCUT2D eigenvalue weighted by Crippen LogP contribution is 1.91. The van der Waals surface area contributed by atoms with Gasteiger partial charge in [-0.1, -0.05) is 13.8 Å². The number of hydrogen-bond donors (Lipinski definition) is 1. The van der Waals surface area contributed by atoms with Crippen LogP contribution in [0, 0.1) is 0 Å². The van der Waals surface area contributed by atoms with Crippen LogP contribution < -0.4 is 5.32 Å². The first-order chi connectivity index (χ1) is 7.74. The summed E-state index contributed by atoms with van der Waals surface area (Å²) in [6.07, 6.45) is 2.54. The maximum absolute atomic E-state index is 10.8. The second-order valence-corrected chi connectivity index (χ2v) is 3.81. The molecule has 4 nitrogen and oxygen atoms in total. The molecule has 0 aliphatic carbocycles. The van der Waals surface area contributed by atoms with E-state index in [9.17, 15) is 4.79 Å². The third kappa shape index (κ3) is 8.68.